The molecule has 1 heterocycles. The number of fused-ring (bicyclic) bond motifs is 1. The van der Waals surface area contributed by atoms with Gasteiger partial charge in [0.25, 0.3) is 0 Å². The van der Waals surface area contributed by atoms with Gasteiger partial charge in [0.15, 0.2) is 0 Å². The lowest BCUT2D eigenvalue weighted by atomic mass is 9.93. The molecule has 0 saturated heterocycles. The van der Waals surface area contributed by atoms with Crippen LogP contribution in [0.15, 0.2) is 36.4 Å². The van der Waals surface area contributed by atoms with E-state index in [-0.39, 0.29) is 0 Å². The molecule has 2 nitrogen and oxygen atoms in total. The Bertz CT molecular complexity index is 633. The van der Waals surface area contributed by atoms with Crippen molar-refractivity contribution < 1.29 is 4.74 Å². The van der Waals surface area contributed by atoms with Crippen molar-refractivity contribution in [2.75, 3.05) is 12.4 Å². The quantitative estimate of drug-likeness (QED) is 0.869. The smallest absolute Gasteiger partial charge is 0.119 e. The maximum Gasteiger partial charge on any atom is 0.119 e. The number of hydrogen-bond donors (Lipinski definition) is 1. The highest BCUT2D eigenvalue weighted by Gasteiger charge is 2.15. The molecular formula is C18H21NO. The van der Waals surface area contributed by atoms with Crippen molar-refractivity contribution in [1.29, 1.82) is 0 Å². The average Bonchev–Trinajstić information content (AvgIpc) is 2.46. The van der Waals surface area contributed by atoms with Gasteiger partial charge in [-0.15, -0.1) is 0 Å². The standard InChI is InChI=1S/C18H21NO/c1-12-10-16(20-3)7-8-17(12)14-6-9-18-15(11-14)5-4-13(2)19-18/h6-11,13,19H,4-5H2,1-3H3. The zero-order chi connectivity index (χ0) is 14.1. The Balaban J connectivity index is 1.99. The van der Waals surface area contributed by atoms with Gasteiger partial charge >= 0.3 is 0 Å². The highest BCUT2D eigenvalue weighted by Crippen LogP contribution is 2.32. The molecule has 2 aromatic carbocycles. The maximum absolute atomic E-state index is 5.28. The number of ether oxygens (including phenoxy) is 1. The van der Waals surface area contributed by atoms with E-state index < -0.39 is 0 Å². The van der Waals surface area contributed by atoms with Gasteiger partial charge in [0.05, 0.1) is 7.11 Å². The van der Waals surface area contributed by atoms with Crippen LogP contribution in [-0.2, 0) is 6.42 Å². The predicted molar refractivity (Wildman–Crippen MR) is 84.6 cm³/mol. The first-order valence-corrected chi connectivity index (χ1v) is 7.22. The maximum atomic E-state index is 5.28. The lowest BCUT2D eigenvalue weighted by molar-refractivity contribution is 0.414. The Labute approximate surface area is 120 Å². The fraction of sp³-hybridized carbons (Fsp3) is 0.333. The molecule has 1 atom stereocenters. The van der Waals surface area contributed by atoms with Crippen LogP contribution in [0.2, 0.25) is 0 Å². The zero-order valence-electron chi connectivity index (χ0n) is 12.4. The number of benzene rings is 2. The first-order valence-electron chi connectivity index (χ1n) is 7.22. The van der Waals surface area contributed by atoms with E-state index in [2.05, 4.69) is 49.5 Å². The molecule has 0 amide bonds. The van der Waals surface area contributed by atoms with Crippen LogP contribution in [0.4, 0.5) is 5.69 Å². The molecule has 1 N–H and O–H groups in total. The van der Waals surface area contributed by atoms with Gasteiger partial charge in [-0.05, 0) is 73.2 Å². The second-order valence-corrected chi connectivity index (χ2v) is 5.64. The SMILES string of the molecule is COc1ccc(-c2ccc3c(c2)CCC(C)N3)c(C)c1. The highest BCUT2D eigenvalue weighted by molar-refractivity contribution is 5.72. The third-order valence-electron chi connectivity index (χ3n) is 4.10. The van der Waals surface area contributed by atoms with Crippen molar-refractivity contribution in [3.8, 4) is 16.9 Å². The fourth-order valence-electron chi connectivity index (χ4n) is 2.91. The third-order valence-corrected chi connectivity index (χ3v) is 4.10. The van der Waals surface area contributed by atoms with Crippen molar-refractivity contribution in [3.63, 3.8) is 0 Å². The van der Waals surface area contributed by atoms with Crippen molar-refractivity contribution in [1.82, 2.24) is 0 Å². The van der Waals surface area contributed by atoms with Crippen molar-refractivity contribution in [2.45, 2.75) is 32.7 Å². The molecule has 0 bridgehead atoms. The first-order chi connectivity index (χ1) is 9.67. The number of methoxy groups -OCH3 is 1. The second-order valence-electron chi connectivity index (χ2n) is 5.64. The van der Waals surface area contributed by atoms with Crippen LogP contribution in [-0.4, -0.2) is 13.2 Å². The molecule has 0 saturated carbocycles. The van der Waals surface area contributed by atoms with Gasteiger partial charge in [-0.1, -0.05) is 12.1 Å². The molecule has 0 aliphatic carbocycles. The van der Waals surface area contributed by atoms with Crippen LogP contribution in [0, 0.1) is 6.92 Å². The summed E-state index contributed by atoms with van der Waals surface area (Å²) < 4.78 is 5.28. The fourth-order valence-corrected chi connectivity index (χ4v) is 2.91. The predicted octanol–water partition coefficient (Wildman–Crippen LogP) is 4.42. The van der Waals surface area contributed by atoms with Gasteiger partial charge < -0.3 is 10.1 Å². The van der Waals surface area contributed by atoms with Crippen LogP contribution in [0.5, 0.6) is 5.75 Å². The molecule has 104 valence electrons. The van der Waals surface area contributed by atoms with Crippen molar-refractivity contribution >= 4 is 5.69 Å². The molecule has 0 spiro atoms. The van der Waals surface area contributed by atoms with E-state index in [9.17, 15) is 0 Å². The Kier molecular flexibility index (Phi) is 3.39. The number of anilines is 1. The van der Waals surface area contributed by atoms with Crippen LogP contribution in [0.1, 0.15) is 24.5 Å². The third kappa shape index (κ3) is 2.38. The van der Waals surface area contributed by atoms with Crippen LogP contribution in [0.3, 0.4) is 0 Å². The number of rotatable bonds is 2. The van der Waals surface area contributed by atoms with Gasteiger partial charge in [-0.3, -0.25) is 0 Å². The molecule has 1 aliphatic heterocycles. The lowest BCUT2D eigenvalue weighted by Crippen LogP contribution is -2.21. The van der Waals surface area contributed by atoms with E-state index >= 15 is 0 Å². The van der Waals surface area contributed by atoms with E-state index in [0.29, 0.717) is 6.04 Å². The Morgan fingerprint density at radius 2 is 2.00 bits per heavy atom. The summed E-state index contributed by atoms with van der Waals surface area (Å²) in [6.45, 7) is 4.38. The van der Waals surface area contributed by atoms with E-state index in [0.717, 1.165) is 12.2 Å². The Hall–Kier alpha value is -1.96. The molecule has 2 heteroatoms. The number of hydrogen-bond acceptors (Lipinski definition) is 2. The summed E-state index contributed by atoms with van der Waals surface area (Å²) in [5.74, 6) is 0.916. The largest absolute Gasteiger partial charge is 0.497 e. The average molecular weight is 267 g/mol. The van der Waals surface area contributed by atoms with Gasteiger partial charge in [-0.25, -0.2) is 0 Å². The van der Waals surface area contributed by atoms with Gasteiger partial charge in [0.1, 0.15) is 5.75 Å². The molecule has 1 aliphatic rings. The number of aryl methyl sites for hydroxylation is 2. The Morgan fingerprint density at radius 3 is 2.75 bits per heavy atom. The van der Waals surface area contributed by atoms with Gasteiger partial charge in [0, 0.05) is 11.7 Å². The lowest BCUT2D eigenvalue weighted by Gasteiger charge is -2.24. The summed E-state index contributed by atoms with van der Waals surface area (Å²) >= 11 is 0. The summed E-state index contributed by atoms with van der Waals surface area (Å²) in [5, 5.41) is 3.55. The zero-order valence-corrected chi connectivity index (χ0v) is 12.4. The minimum Gasteiger partial charge on any atom is -0.497 e. The minimum absolute atomic E-state index is 0.580. The normalized spacial score (nSPS) is 17.2. The molecule has 0 radical (unpaired) electrons. The second kappa shape index (κ2) is 5.20. The molecule has 0 aromatic heterocycles. The van der Waals surface area contributed by atoms with E-state index in [4.69, 9.17) is 4.74 Å². The minimum atomic E-state index is 0.580. The van der Waals surface area contributed by atoms with E-state index in [1.807, 2.05) is 6.07 Å². The monoisotopic (exact) mass is 267 g/mol. The molecule has 20 heavy (non-hydrogen) atoms. The van der Waals surface area contributed by atoms with E-state index in [1.54, 1.807) is 7.11 Å². The van der Waals surface area contributed by atoms with Gasteiger partial charge in [-0.2, -0.15) is 0 Å². The van der Waals surface area contributed by atoms with E-state index in [1.165, 1.54) is 34.4 Å². The molecule has 2 aromatic rings. The summed E-state index contributed by atoms with van der Waals surface area (Å²) in [5.41, 5.74) is 6.54. The van der Waals surface area contributed by atoms with Crippen LogP contribution in [0.25, 0.3) is 11.1 Å². The summed E-state index contributed by atoms with van der Waals surface area (Å²) in [7, 11) is 1.71. The van der Waals surface area contributed by atoms with Gasteiger partial charge in [0.2, 0.25) is 0 Å². The topological polar surface area (TPSA) is 21.3 Å². The van der Waals surface area contributed by atoms with Crippen molar-refractivity contribution in [3.05, 3.63) is 47.5 Å². The Morgan fingerprint density at radius 1 is 1.15 bits per heavy atom. The molecule has 1 unspecified atom stereocenters. The van der Waals surface area contributed by atoms with Crippen LogP contribution >= 0.6 is 0 Å². The first kappa shape index (κ1) is 13.0. The van der Waals surface area contributed by atoms with Crippen LogP contribution < -0.4 is 10.1 Å². The molecule has 3 rings (SSSR count). The number of nitrogens with one attached hydrogen (secondary N) is 1. The molecule has 0 fully saturated rings. The summed E-state index contributed by atoms with van der Waals surface area (Å²) in [4.78, 5) is 0. The summed E-state index contributed by atoms with van der Waals surface area (Å²) in [6, 6.07) is 13.6. The summed E-state index contributed by atoms with van der Waals surface area (Å²) in [6.07, 6.45) is 2.37. The molecular weight excluding hydrogens is 246 g/mol. The van der Waals surface area contributed by atoms with Crippen molar-refractivity contribution in [2.24, 2.45) is 0 Å². The highest BCUT2D eigenvalue weighted by atomic mass is 16.5.